The molecule has 3 rings (SSSR count). The van der Waals surface area contributed by atoms with E-state index in [1.54, 1.807) is 18.4 Å². The fourth-order valence-corrected chi connectivity index (χ4v) is 2.17. The van der Waals surface area contributed by atoms with E-state index in [4.69, 9.17) is 14.4 Å². The number of rotatable bonds is 4. The molecule has 0 aromatic carbocycles. The predicted molar refractivity (Wildman–Crippen MR) is 61.0 cm³/mol. The van der Waals surface area contributed by atoms with Gasteiger partial charge in [-0.1, -0.05) is 0 Å². The Labute approximate surface area is 103 Å². The van der Waals surface area contributed by atoms with Gasteiger partial charge in [0.25, 0.3) is 0 Å². The molecular weight excluding hydrogens is 236 g/mol. The number of carbonyl (C=O) groups is 1. The van der Waals surface area contributed by atoms with Crippen LogP contribution in [0.2, 0.25) is 0 Å². The molecule has 0 bridgehead atoms. The number of aryl methyl sites for hydroxylation is 1. The summed E-state index contributed by atoms with van der Waals surface area (Å²) in [4.78, 5) is 20.4. The molecule has 2 aromatic rings. The van der Waals surface area contributed by atoms with Crippen molar-refractivity contribution in [3.05, 3.63) is 29.8 Å². The van der Waals surface area contributed by atoms with Crippen LogP contribution in [0.1, 0.15) is 17.8 Å². The van der Waals surface area contributed by atoms with E-state index in [9.17, 15) is 4.79 Å². The third-order valence-corrected chi connectivity index (χ3v) is 2.90. The number of fused-ring (bicyclic) bond motifs is 1. The van der Waals surface area contributed by atoms with E-state index in [0.29, 0.717) is 11.6 Å². The predicted octanol–water partition coefficient (Wildman–Crippen LogP) is 1.15. The van der Waals surface area contributed by atoms with Crippen molar-refractivity contribution in [2.45, 2.75) is 19.3 Å². The average Bonchev–Trinajstić information content (AvgIpc) is 3.02. The second-order valence-electron chi connectivity index (χ2n) is 4.12. The second kappa shape index (κ2) is 4.21. The molecule has 2 aromatic heterocycles. The van der Waals surface area contributed by atoms with Gasteiger partial charge in [0.2, 0.25) is 12.4 Å². The summed E-state index contributed by atoms with van der Waals surface area (Å²) in [7, 11) is 0. The third kappa shape index (κ3) is 1.75. The normalized spacial score (nSPS) is 13.6. The van der Waals surface area contributed by atoms with E-state index in [2.05, 4.69) is 4.98 Å². The number of furan rings is 1. The standard InChI is InChI=1S/C12H12N2O4/c15-11(16)7-18-14-9-4-1-3-8(9)13-12(14)10-5-2-6-17-10/h2,5-6H,1,3-4,7H2,(H,15,16). The molecule has 0 saturated carbocycles. The van der Waals surface area contributed by atoms with Crippen LogP contribution in [0.3, 0.4) is 0 Å². The lowest BCUT2D eigenvalue weighted by Gasteiger charge is -2.09. The first-order valence-corrected chi connectivity index (χ1v) is 5.75. The number of carboxylic acid groups (broad SMARTS) is 1. The molecule has 6 heteroatoms. The van der Waals surface area contributed by atoms with Crippen molar-refractivity contribution in [3.8, 4) is 11.6 Å². The summed E-state index contributed by atoms with van der Waals surface area (Å²) < 4.78 is 6.79. The quantitative estimate of drug-likeness (QED) is 0.878. The zero-order chi connectivity index (χ0) is 12.5. The van der Waals surface area contributed by atoms with E-state index in [1.807, 2.05) is 0 Å². The van der Waals surface area contributed by atoms with E-state index < -0.39 is 12.6 Å². The van der Waals surface area contributed by atoms with Crippen molar-refractivity contribution in [2.24, 2.45) is 0 Å². The molecule has 0 aliphatic heterocycles. The maximum Gasteiger partial charge on any atom is 0.344 e. The molecular formula is C12H12N2O4. The highest BCUT2D eigenvalue weighted by Crippen LogP contribution is 2.27. The van der Waals surface area contributed by atoms with E-state index >= 15 is 0 Å². The van der Waals surface area contributed by atoms with Crippen LogP contribution >= 0.6 is 0 Å². The number of hydrogen-bond donors (Lipinski definition) is 1. The van der Waals surface area contributed by atoms with Crippen molar-refractivity contribution in [1.29, 1.82) is 0 Å². The molecule has 1 N–H and O–H groups in total. The molecule has 0 atom stereocenters. The van der Waals surface area contributed by atoms with Gasteiger partial charge in [0.1, 0.15) is 0 Å². The van der Waals surface area contributed by atoms with Gasteiger partial charge in [0.05, 0.1) is 17.7 Å². The van der Waals surface area contributed by atoms with Crippen LogP contribution in [0.15, 0.2) is 22.8 Å². The summed E-state index contributed by atoms with van der Waals surface area (Å²) in [6.45, 7) is -0.392. The Kier molecular flexibility index (Phi) is 2.55. The van der Waals surface area contributed by atoms with Gasteiger partial charge in [-0.2, -0.15) is 4.73 Å². The highest BCUT2D eigenvalue weighted by Gasteiger charge is 2.25. The number of aromatic nitrogens is 2. The van der Waals surface area contributed by atoms with Gasteiger partial charge in [-0.25, -0.2) is 9.78 Å². The lowest BCUT2D eigenvalue weighted by molar-refractivity contribution is -0.142. The molecule has 1 aliphatic carbocycles. The minimum atomic E-state index is -1.01. The summed E-state index contributed by atoms with van der Waals surface area (Å²) >= 11 is 0. The van der Waals surface area contributed by atoms with Crippen molar-refractivity contribution in [1.82, 2.24) is 9.71 Å². The zero-order valence-electron chi connectivity index (χ0n) is 9.63. The minimum Gasteiger partial charge on any atom is -0.479 e. The van der Waals surface area contributed by atoms with Crippen LogP contribution in [0, 0.1) is 0 Å². The zero-order valence-corrected chi connectivity index (χ0v) is 9.63. The third-order valence-electron chi connectivity index (χ3n) is 2.90. The minimum absolute atomic E-state index is 0.392. The summed E-state index contributed by atoms with van der Waals surface area (Å²) in [6, 6.07) is 3.54. The number of carboxylic acids is 1. The van der Waals surface area contributed by atoms with Gasteiger partial charge < -0.3 is 14.4 Å². The maximum atomic E-state index is 10.6. The topological polar surface area (TPSA) is 77.5 Å². The lowest BCUT2D eigenvalue weighted by Crippen LogP contribution is -2.21. The number of imidazole rings is 1. The Morgan fingerprint density at radius 2 is 2.44 bits per heavy atom. The van der Waals surface area contributed by atoms with Crippen LogP contribution < -0.4 is 4.84 Å². The highest BCUT2D eigenvalue weighted by atomic mass is 16.7. The Hall–Kier alpha value is -2.24. The molecule has 0 spiro atoms. The largest absolute Gasteiger partial charge is 0.479 e. The first kappa shape index (κ1) is 10.9. The Morgan fingerprint density at radius 3 is 3.17 bits per heavy atom. The second-order valence-corrected chi connectivity index (χ2v) is 4.12. The SMILES string of the molecule is O=C(O)COn1c(-c2ccco2)nc2c1CCC2. The van der Waals surface area contributed by atoms with Gasteiger partial charge in [-0.05, 0) is 31.4 Å². The number of aliphatic carboxylic acids is 1. The lowest BCUT2D eigenvalue weighted by atomic mass is 10.3. The molecule has 0 amide bonds. The molecule has 0 radical (unpaired) electrons. The first-order valence-electron chi connectivity index (χ1n) is 5.75. The monoisotopic (exact) mass is 248 g/mol. The Balaban J connectivity index is 2.00. The maximum absolute atomic E-state index is 10.6. The van der Waals surface area contributed by atoms with Crippen LogP contribution in [0.5, 0.6) is 0 Å². The molecule has 0 unspecified atom stereocenters. The van der Waals surface area contributed by atoms with Crippen molar-refractivity contribution in [3.63, 3.8) is 0 Å². The molecule has 94 valence electrons. The van der Waals surface area contributed by atoms with E-state index in [-0.39, 0.29) is 0 Å². The molecule has 2 heterocycles. The summed E-state index contributed by atoms with van der Waals surface area (Å²) in [5.41, 5.74) is 1.91. The first-order chi connectivity index (χ1) is 8.75. The van der Waals surface area contributed by atoms with E-state index in [1.165, 1.54) is 4.73 Å². The highest BCUT2D eigenvalue weighted by molar-refractivity contribution is 5.68. The van der Waals surface area contributed by atoms with Gasteiger partial charge in [0.15, 0.2) is 5.76 Å². The fourth-order valence-electron chi connectivity index (χ4n) is 2.17. The van der Waals surface area contributed by atoms with Gasteiger partial charge >= 0.3 is 5.97 Å². The van der Waals surface area contributed by atoms with Crippen LogP contribution in [-0.2, 0) is 17.6 Å². The average molecular weight is 248 g/mol. The molecule has 0 fully saturated rings. The Bertz CT molecular complexity index is 571. The Morgan fingerprint density at radius 1 is 1.56 bits per heavy atom. The van der Waals surface area contributed by atoms with Gasteiger partial charge in [0, 0.05) is 0 Å². The van der Waals surface area contributed by atoms with Crippen LogP contribution in [0.4, 0.5) is 0 Å². The number of nitrogens with zero attached hydrogens (tertiary/aromatic N) is 2. The number of hydrogen-bond acceptors (Lipinski definition) is 4. The van der Waals surface area contributed by atoms with E-state index in [0.717, 1.165) is 30.7 Å². The van der Waals surface area contributed by atoms with Gasteiger partial charge in [-0.15, -0.1) is 0 Å². The smallest absolute Gasteiger partial charge is 0.344 e. The summed E-state index contributed by atoms with van der Waals surface area (Å²) in [5.74, 6) is 0.0987. The van der Waals surface area contributed by atoms with Crippen molar-refractivity contribution in [2.75, 3.05) is 6.61 Å². The summed E-state index contributed by atoms with van der Waals surface area (Å²) in [5, 5.41) is 8.70. The summed E-state index contributed by atoms with van der Waals surface area (Å²) in [6.07, 6.45) is 4.32. The fraction of sp³-hybridized carbons (Fsp3) is 0.333. The van der Waals surface area contributed by atoms with Crippen molar-refractivity contribution < 1.29 is 19.2 Å². The van der Waals surface area contributed by atoms with Gasteiger partial charge in [-0.3, -0.25) is 0 Å². The van der Waals surface area contributed by atoms with Crippen LogP contribution in [0.25, 0.3) is 11.6 Å². The van der Waals surface area contributed by atoms with Crippen molar-refractivity contribution >= 4 is 5.97 Å². The molecule has 18 heavy (non-hydrogen) atoms. The molecule has 1 aliphatic rings. The molecule has 0 saturated heterocycles. The molecule has 6 nitrogen and oxygen atoms in total. The van der Waals surface area contributed by atoms with Crippen LogP contribution in [-0.4, -0.2) is 27.4 Å².